The molecule has 0 bridgehead atoms. The monoisotopic (exact) mass is 782 g/mol. The van der Waals surface area contributed by atoms with Gasteiger partial charge in [-0.15, -0.1) is 11.3 Å². The topological polar surface area (TPSA) is 52.3 Å². The predicted molar refractivity (Wildman–Crippen MR) is 247 cm³/mol. The van der Waals surface area contributed by atoms with Crippen LogP contribution in [0.4, 0.5) is 11.4 Å². The lowest BCUT2D eigenvalue weighted by atomic mass is 9.99. The first-order valence-electron chi connectivity index (χ1n) is 19.5. The minimum atomic E-state index is 0.477. The summed E-state index contributed by atoms with van der Waals surface area (Å²) in [5.74, 6) is 1.51. The highest BCUT2D eigenvalue weighted by Gasteiger charge is 2.20. The molecule has 3 aromatic heterocycles. The standard InChI is InChI=1S/C53H30N6S/c1-54-38-17-10-14-34(30-38)40-28-27-37(32-48(40)59-46-24-6-3-19-42(46)43-20-4-7-25-47(43)59)53-57-51(56-52(58-53)36-16-11-18-39(31-36)55-2)35-15-9-13-33(29-35)41-22-12-23-45-44-21-5-8-26-49(44)60-50(41)45/h3-32H. The molecule has 7 heteroatoms. The fourth-order valence-corrected chi connectivity index (χ4v) is 9.54. The van der Waals surface area contributed by atoms with Gasteiger partial charge in [0, 0.05) is 53.2 Å². The van der Waals surface area contributed by atoms with Crippen molar-refractivity contribution in [3.8, 4) is 62.1 Å². The molecule has 0 saturated heterocycles. The van der Waals surface area contributed by atoms with Gasteiger partial charge in [0.05, 0.1) is 29.9 Å². The highest BCUT2D eigenvalue weighted by atomic mass is 32.1. The largest absolute Gasteiger partial charge is 0.309 e. The first-order valence-corrected chi connectivity index (χ1v) is 20.3. The van der Waals surface area contributed by atoms with Crippen LogP contribution in [-0.4, -0.2) is 19.5 Å². The van der Waals surface area contributed by atoms with Gasteiger partial charge in [-0.25, -0.2) is 24.6 Å². The Hall–Kier alpha value is -8.23. The molecule has 278 valence electrons. The molecule has 0 radical (unpaired) electrons. The molecule has 3 heterocycles. The van der Waals surface area contributed by atoms with Gasteiger partial charge in [-0.2, -0.15) is 0 Å². The van der Waals surface area contributed by atoms with Gasteiger partial charge in [0.2, 0.25) is 0 Å². The van der Waals surface area contributed by atoms with Gasteiger partial charge in [0.1, 0.15) is 0 Å². The second-order valence-corrected chi connectivity index (χ2v) is 15.6. The SMILES string of the molecule is [C-]#[N+]c1cccc(-c2nc(-c3cccc(-c4cccc5c4sc4ccccc45)c3)nc(-c3ccc(-c4cccc([N+]#[C-])c4)c(-n4c5ccccc5c5ccccc54)c3)n2)c1. The van der Waals surface area contributed by atoms with Crippen molar-refractivity contribution in [1.29, 1.82) is 0 Å². The molecule has 0 unspecified atom stereocenters. The van der Waals surface area contributed by atoms with Crippen LogP contribution in [0.1, 0.15) is 0 Å². The van der Waals surface area contributed by atoms with Crippen LogP contribution < -0.4 is 0 Å². The highest BCUT2D eigenvalue weighted by molar-refractivity contribution is 7.26. The van der Waals surface area contributed by atoms with Crippen LogP contribution in [0.3, 0.4) is 0 Å². The van der Waals surface area contributed by atoms with E-state index in [1.165, 1.54) is 20.2 Å². The fraction of sp³-hybridized carbons (Fsp3) is 0. The fourth-order valence-electron chi connectivity index (χ4n) is 8.30. The summed E-state index contributed by atoms with van der Waals surface area (Å²) in [4.78, 5) is 22.9. The number of nitrogens with zero attached hydrogens (tertiary/aromatic N) is 6. The Morgan fingerprint density at radius 1 is 0.400 bits per heavy atom. The minimum Gasteiger partial charge on any atom is -0.309 e. The van der Waals surface area contributed by atoms with E-state index < -0.39 is 0 Å². The maximum absolute atomic E-state index is 7.77. The van der Waals surface area contributed by atoms with E-state index in [0.717, 1.165) is 66.4 Å². The van der Waals surface area contributed by atoms with Crippen molar-refractivity contribution in [2.24, 2.45) is 0 Å². The summed E-state index contributed by atoms with van der Waals surface area (Å²) >= 11 is 1.81. The molecule has 0 spiro atoms. The Bertz CT molecular complexity index is 3550. The van der Waals surface area contributed by atoms with E-state index in [1.807, 2.05) is 59.9 Å². The second kappa shape index (κ2) is 14.3. The number of benzene rings is 8. The van der Waals surface area contributed by atoms with Crippen LogP contribution in [0.25, 0.3) is 114 Å². The number of fused-ring (bicyclic) bond motifs is 6. The van der Waals surface area contributed by atoms with Gasteiger partial charge in [-0.3, -0.25) is 0 Å². The smallest absolute Gasteiger partial charge is 0.187 e. The zero-order valence-corrected chi connectivity index (χ0v) is 32.7. The van der Waals surface area contributed by atoms with Crippen molar-refractivity contribution in [2.45, 2.75) is 0 Å². The highest BCUT2D eigenvalue weighted by Crippen LogP contribution is 2.42. The number of aromatic nitrogens is 4. The Labute approximate surface area is 349 Å². The van der Waals surface area contributed by atoms with Gasteiger partial charge in [-0.05, 0) is 59.2 Å². The molecule has 0 amide bonds. The van der Waals surface area contributed by atoms with Crippen molar-refractivity contribution in [3.05, 3.63) is 205 Å². The Kier molecular flexibility index (Phi) is 8.34. The molecule has 0 N–H and O–H groups in total. The lowest BCUT2D eigenvalue weighted by molar-refractivity contribution is 1.07. The van der Waals surface area contributed by atoms with E-state index in [4.69, 9.17) is 28.1 Å². The summed E-state index contributed by atoms with van der Waals surface area (Å²) in [7, 11) is 0. The third-order valence-corrected chi connectivity index (χ3v) is 12.3. The number of rotatable bonds is 6. The van der Waals surface area contributed by atoms with Gasteiger partial charge >= 0.3 is 0 Å². The molecule has 0 saturated carbocycles. The van der Waals surface area contributed by atoms with E-state index >= 15 is 0 Å². The van der Waals surface area contributed by atoms with Crippen LogP contribution in [0.2, 0.25) is 0 Å². The first-order chi connectivity index (χ1) is 29.6. The predicted octanol–water partition coefficient (Wildman–Crippen LogP) is 14.8. The van der Waals surface area contributed by atoms with Crippen molar-refractivity contribution in [3.63, 3.8) is 0 Å². The molecule has 0 aliphatic rings. The summed E-state index contributed by atoms with van der Waals surface area (Å²) in [6, 6.07) is 61.9. The lowest BCUT2D eigenvalue weighted by Crippen LogP contribution is -2.02. The normalized spacial score (nSPS) is 11.3. The zero-order valence-electron chi connectivity index (χ0n) is 31.9. The van der Waals surface area contributed by atoms with Crippen molar-refractivity contribution < 1.29 is 0 Å². The average Bonchev–Trinajstić information content (AvgIpc) is 3.87. The minimum absolute atomic E-state index is 0.477. The van der Waals surface area contributed by atoms with Crippen molar-refractivity contribution >= 4 is 64.7 Å². The Morgan fingerprint density at radius 2 is 0.900 bits per heavy atom. The number of hydrogen-bond donors (Lipinski definition) is 0. The van der Waals surface area contributed by atoms with Crippen LogP contribution in [0, 0.1) is 13.1 Å². The van der Waals surface area contributed by atoms with Crippen LogP contribution in [0.15, 0.2) is 182 Å². The summed E-state index contributed by atoms with van der Waals surface area (Å²) in [5, 5.41) is 4.80. The third kappa shape index (κ3) is 5.89. The van der Waals surface area contributed by atoms with E-state index in [0.29, 0.717) is 28.8 Å². The number of para-hydroxylation sites is 2. The molecule has 0 aliphatic heterocycles. The Balaban J connectivity index is 1.14. The summed E-state index contributed by atoms with van der Waals surface area (Å²) in [6.45, 7) is 15.5. The van der Waals surface area contributed by atoms with Crippen molar-refractivity contribution in [2.75, 3.05) is 0 Å². The molecular formula is C53H30N6S. The molecule has 60 heavy (non-hydrogen) atoms. The van der Waals surface area contributed by atoms with Gasteiger partial charge in [-0.1, -0.05) is 140 Å². The molecule has 0 aliphatic carbocycles. The summed E-state index contributed by atoms with van der Waals surface area (Å²) < 4.78 is 4.80. The number of hydrogen-bond acceptors (Lipinski definition) is 4. The van der Waals surface area contributed by atoms with Gasteiger partial charge < -0.3 is 4.57 Å². The average molecular weight is 783 g/mol. The Morgan fingerprint density at radius 3 is 1.57 bits per heavy atom. The van der Waals surface area contributed by atoms with Crippen LogP contribution in [0.5, 0.6) is 0 Å². The molecule has 0 atom stereocenters. The van der Waals surface area contributed by atoms with Crippen molar-refractivity contribution in [1.82, 2.24) is 19.5 Å². The number of thiophene rings is 1. The zero-order chi connectivity index (χ0) is 40.2. The molecule has 0 fully saturated rings. The molecule has 6 nitrogen and oxygen atoms in total. The van der Waals surface area contributed by atoms with Crippen LogP contribution in [-0.2, 0) is 0 Å². The van der Waals surface area contributed by atoms with E-state index in [2.05, 4.69) is 142 Å². The summed E-state index contributed by atoms with van der Waals surface area (Å²) in [6.07, 6.45) is 0. The van der Waals surface area contributed by atoms with E-state index in [-0.39, 0.29) is 0 Å². The lowest BCUT2D eigenvalue weighted by Gasteiger charge is -2.16. The maximum atomic E-state index is 7.77. The first kappa shape index (κ1) is 35.0. The molecule has 11 aromatic rings. The van der Waals surface area contributed by atoms with Gasteiger partial charge in [0.25, 0.3) is 0 Å². The molecule has 11 rings (SSSR count). The van der Waals surface area contributed by atoms with E-state index in [1.54, 1.807) is 6.07 Å². The third-order valence-electron chi connectivity index (χ3n) is 11.1. The summed E-state index contributed by atoms with van der Waals surface area (Å²) in [5.41, 5.74) is 10.7. The maximum Gasteiger partial charge on any atom is 0.187 e. The van der Waals surface area contributed by atoms with E-state index in [9.17, 15) is 0 Å². The quantitative estimate of drug-likeness (QED) is 0.158. The van der Waals surface area contributed by atoms with Crippen LogP contribution >= 0.6 is 11.3 Å². The second-order valence-electron chi connectivity index (χ2n) is 14.6. The molecule has 8 aromatic carbocycles. The van der Waals surface area contributed by atoms with Gasteiger partial charge in [0.15, 0.2) is 28.8 Å². The molecular weight excluding hydrogens is 753 g/mol.